The summed E-state index contributed by atoms with van der Waals surface area (Å²) in [7, 11) is 0. The Morgan fingerprint density at radius 1 is 1.28 bits per heavy atom. The number of thioether (sulfide) groups is 1. The van der Waals surface area contributed by atoms with Crippen LogP contribution in [0.1, 0.15) is 37.2 Å². The number of rotatable bonds is 4. The Balaban J connectivity index is 1.93. The predicted octanol–water partition coefficient (Wildman–Crippen LogP) is 3.78. The molecule has 0 aromatic heterocycles. The molecule has 1 unspecified atom stereocenters. The van der Waals surface area contributed by atoms with Gasteiger partial charge in [0.15, 0.2) is 0 Å². The van der Waals surface area contributed by atoms with Crippen LogP contribution in [0.15, 0.2) is 24.3 Å². The van der Waals surface area contributed by atoms with Crippen molar-refractivity contribution in [1.82, 2.24) is 0 Å². The molecule has 2 fully saturated rings. The van der Waals surface area contributed by atoms with Gasteiger partial charge in [0.25, 0.3) is 0 Å². The van der Waals surface area contributed by atoms with Crippen LogP contribution in [-0.4, -0.2) is 16.8 Å². The van der Waals surface area contributed by atoms with E-state index in [1.807, 2.05) is 17.8 Å². The van der Waals surface area contributed by atoms with E-state index in [9.17, 15) is 9.18 Å². The second kappa shape index (κ2) is 5.04. The number of hydrogen-bond acceptors (Lipinski definition) is 2. The van der Waals surface area contributed by atoms with E-state index in [2.05, 4.69) is 0 Å². The van der Waals surface area contributed by atoms with Crippen molar-refractivity contribution in [3.63, 3.8) is 0 Å². The van der Waals surface area contributed by atoms with Crippen molar-refractivity contribution < 1.29 is 9.18 Å². The van der Waals surface area contributed by atoms with Crippen LogP contribution in [0.5, 0.6) is 0 Å². The van der Waals surface area contributed by atoms with Crippen LogP contribution < -0.4 is 0 Å². The molecule has 1 aromatic rings. The first-order valence-electron chi connectivity index (χ1n) is 6.67. The summed E-state index contributed by atoms with van der Waals surface area (Å²) >= 11 is 1.84. The SMILES string of the molecule is O=C(C1CC1)[C@H](c1ccccc1F)C1CCCS1. The van der Waals surface area contributed by atoms with Gasteiger partial charge in [0, 0.05) is 11.2 Å². The summed E-state index contributed by atoms with van der Waals surface area (Å²) in [5.41, 5.74) is 0.619. The van der Waals surface area contributed by atoms with E-state index in [0.29, 0.717) is 5.56 Å². The largest absolute Gasteiger partial charge is 0.299 e. The first kappa shape index (κ1) is 12.2. The minimum absolute atomic E-state index is 0.204. The smallest absolute Gasteiger partial charge is 0.144 e. The Morgan fingerprint density at radius 2 is 2.06 bits per heavy atom. The Bertz CT molecular complexity index is 450. The van der Waals surface area contributed by atoms with E-state index < -0.39 is 0 Å². The highest BCUT2D eigenvalue weighted by molar-refractivity contribution is 8.00. The van der Waals surface area contributed by atoms with Crippen molar-refractivity contribution in [2.24, 2.45) is 5.92 Å². The molecule has 1 saturated carbocycles. The van der Waals surface area contributed by atoms with Crippen LogP contribution in [0, 0.1) is 11.7 Å². The van der Waals surface area contributed by atoms with Crippen molar-refractivity contribution in [3.8, 4) is 0 Å². The molecule has 1 aliphatic carbocycles. The number of hydrogen-bond donors (Lipinski definition) is 0. The second-order valence-corrected chi connectivity index (χ2v) is 6.57. The van der Waals surface area contributed by atoms with Gasteiger partial charge in [-0.05, 0) is 43.1 Å². The lowest BCUT2D eigenvalue weighted by molar-refractivity contribution is -0.121. The summed E-state index contributed by atoms with van der Waals surface area (Å²) < 4.78 is 14.0. The fourth-order valence-corrected chi connectivity index (χ4v) is 4.19. The summed E-state index contributed by atoms with van der Waals surface area (Å²) in [6, 6.07) is 6.80. The maximum atomic E-state index is 14.0. The third-order valence-electron chi connectivity index (χ3n) is 3.86. The van der Waals surface area contributed by atoms with Gasteiger partial charge in [-0.3, -0.25) is 4.79 Å². The number of halogens is 1. The zero-order valence-electron chi connectivity index (χ0n) is 10.3. The van der Waals surface area contributed by atoms with Crippen molar-refractivity contribution >= 4 is 17.5 Å². The molecule has 2 aliphatic rings. The maximum absolute atomic E-state index is 14.0. The highest BCUT2D eigenvalue weighted by Crippen LogP contribution is 2.44. The molecular formula is C15H17FOS. The van der Waals surface area contributed by atoms with Crippen LogP contribution in [0.3, 0.4) is 0 Å². The van der Waals surface area contributed by atoms with Gasteiger partial charge in [-0.1, -0.05) is 18.2 Å². The number of benzene rings is 1. The third kappa shape index (κ3) is 2.33. The lowest BCUT2D eigenvalue weighted by atomic mass is 9.87. The number of Topliss-reactive ketones (excluding diaryl/α,β-unsaturated/α-hetero) is 1. The van der Waals surface area contributed by atoms with Crippen molar-refractivity contribution in [3.05, 3.63) is 35.6 Å². The molecule has 96 valence electrons. The quantitative estimate of drug-likeness (QED) is 0.823. The molecule has 3 rings (SSSR count). The Labute approximate surface area is 111 Å². The minimum Gasteiger partial charge on any atom is -0.299 e. The summed E-state index contributed by atoms with van der Waals surface area (Å²) in [5.74, 6) is 1.15. The third-order valence-corrected chi connectivity index (χ3v) is 5.32. The van der Waals surface area contributed by atoms with Gasteiger partial charge in [-0.2, -0.15) is 11.8 Å². The summed E-state index contributed by atoms with van der Waals surface area (Å²) in [5, 5.41) is 0.287. The van der Waals surface area contributed by atoms with E-state index in [0.717, 1.165) is 31.4 Å². The molecule has 1 heterocycles. The molecule has 1 nitrogen and oxygen atoms in total. The molecule has 18 heavy (non-hydrogen) atoms. The van der Waals surface area contributed by atoms with Crippen LogP contribution in [0.4, 0.5) is 4.39 Å². The average molecular weight is 264 g/mol. The summed E-state index contributed by atoms with van der Waals surface area (Å²) in [6.07, 6.45) is 4.20. The van der Waals surface area contributed by atoms with Gasteiger partial charge < -0.3 is 0 Å². The minimum atomic E-state index is -0.219. The highest BCUT2D eigenvalue weighted by Gasteiger charge is 2.41. The fourth-order valence-electron chi connectivity index (χ4n) is 2.75. The van der Waals surface area contributed by atoms with Gasteiger partial charge >= 0.3 is 0 Å². The zero-order valence-corrected chi connectivity index (χ0v) is 11.1. The van der Waals surface area contributed by atoms with Gasteiger partial charge in [0.2, 0.25) is 0 Å². The zero-order chi connectivity index (χ0) is 12.5. The molecular weight excluding hydrogens is 247 g/mol. The second-order valence-electron chi connectivity index (χ2n) is 5.23. The van der Waals surface area contributed by atoms with Crippen LogP contribution in [0.2, 0.25) is 0 Å². The van der Waals surface area contributed by atoms with Crippen molar-refractivity contribution in [1.29, 1.82) is 0 Å². The van der Waals surface area contributed by atoms with E-state index in [4.69, 9.17) is 0 Å². The Morgan fingerprint density at radius 3 is 2.67 bits per heavy atom. The van der Waals surface area contributed by atoms with Gasteiger partial charge in [-0.25, -0.2) is 4.39 Å². The van der Waals surface area contributed by atoms with Crippen LogP contribution >= 0.6 is 11.8 Å². The first-order chi connectivity index (χ1) is 8.77. The molecule has 2 atom stereocenters. The van der Waals surface area contributed by atoms with E-state index in [1.165, 1.54) is 6.07 Å². The molecule has 0 amide bonds. The lowest BCUT2D eigenvalue weighted by Crippen LogP contribution is -2.24. The predicted molar refractivity (Wildman–Crippen MR) is 72.4 cm³/mol. The standard InChI is InChI=1S/C15H17FOS/c16-12-5-2-1-4-11(12)14(13-6-3-9-18-13)15(17)10-7-8-10/h1-2,4-5,10,13-14H,3,6-9H2/t13?,14-/m1/s1. The normalized spacial score (nSPS) is 25.1. The van der Waals surface area contributed by atoms with Gasteiger partial charge in [0.1, 0.15) is 11.6 Å². The van der Waals surface area contributed by atoms with E-state index in [-0.39, 0.29) is 28.7 Å². The molecule has 1 saturated heterocycles. The topological polar surface area (TPSA) is 17.1 Å². The molecule has 0 N–H and O–H groups in total. The highest BCUT2D eigenvalue weighted by atomic mass is 32.2. The van der Waals surface area contributed by atoms with Crippen LogP contribution in [-0.2, 0) is 4.79 Å². The number of ketones is 1. The Hall–Kier alpha value is -0.830. The van der Waals surface area contributed by atoms with Gasteiger partial charge in [0.05, 0.1) is 5.92 Å². The van der Waals surface area contributed by atoms with Crippen molar-refractivity contribution in [2.75, 3.05) is 5.75 Å². The summed E-state index contributed by atoms with van der Waals surface area (Å²) in [6.45, 7) is 0. The monoisotopic (exact) mass is 264 g/mol. The number of carbonyl (C=O) groups excluding carboxylic acids is 1. The van der Waals surface area contributed by atoms with Gasteiger partial charge in [-0.15, -0.1) is 0 Å². The molecule has 1 aliphatic heterocycles. The van der Waals surface area contributed by atoms with E-state index >= 15 is 0 Å². The Kier molecular flexibility index (Phi) is 3.42. The summed E-state index contributed by atoms with van der Waals surface area (Å²) in [4.78, 5) is 12.5. The first-order valence-corrected chi connectivity index (χ1v) is 7.72. The molecule has 0 spiro atoms. The fraction of sp³-hybridized carbons (Fsp3) is 0.533. The van der Waals surface area contributed by atoms with Crippen molar-refractivity contribution in [2.45, 2.75) is 36.9 Å². The molecule has 1 aromatic carbocycles. The maximum Gasteiger partial charge on any atom is 0.144 e. The average Bonchev–Trinajstić information content (AvgIpc) is 3.10. The van der Waals surface area contributed by atoms with E-state index in [1.54, 1.807) is 12.1 Å². The molecule has 3 heteroatoms. The number of carbonyl (C=O) groups is 1. The molecule has 0 radical (unpaired) electrons. The lowest BCUT2D eigenvalue weighted by Gasteiger charge is -2.22. The van der Waals surface area contributed by atoms with Crippen LogP contribution in [0.25, 0.3) is 0 Å². The molecule has 0 bridgehead atoms.